The summed E-state index contributed by atoms with van der Waals surface area (Å²) in [6.45, 7) is 3.53. The van der Waals surface area contributed by atoms with Gasteiger partial charge in [-0.25, -0.2) is 0 Å². The van der Waals surface area contributed by atoms with E-state index in [1.54, 1.807) is 0 Å². The number of fused-ring (bicyclic) bond motifs is 1. The zero-order chi connectivity index (χ0) is 14.0. The Morgan fingerprint density at radius 1 is 1.35 bits per heavy atom. The molecule has 1 aliphatic heterocycles. The highest BCUT2D eigenvalue weighted by Gasteiger charge is 2.36. The van der Waals surface area contributed by atoms with E-state index in [4.69, 9.17) is 4.74 Å². The third kappa shape index (κ3) is 2.67. The van der Waals surface area contributed by atoms with Gasteiger partial charge in [0.2, 0.25) is 5.91 Å². The van der Waals surface area contributed by atoms with Gasteiger partial charge in [-0.3, -0.25) is 4.79 Å². The molecule has 1 aromatic rings. The molecule has 3 nitrogen and oxygen atoms in total. The molecule has 1 N–H and O–H groups in total. The summed E-state index contributed by atoms with van der Waals surface area (Å²) >= 11 is 0. The monoisotopic (exact) mass is 273 g/mol. The van der Waals surface area contributed by atoms with E-state index in [9.17, 15) is 4.79 Å². The van der Waals surface area contributed by atoms with Gasteiger partial charge in [0.05, 0.1) is 6.61 Å². The molecule has 1 aromatic carbocycles. The van der Waals surface area contributed by atoms with Crippen molar-refractivity contribution < 1.29 is 9.53 Å². The molecule has 0 aromatic heterocycles. The summed E-state index contributed by atoms with van der Waals surface area (Å²) < 4.78 is 5.77. The zero-order valence-electron chi connectivity index (χ0n) is 12.2. The molecule has 0 radical (unpaired) electrons. The summed E-state index contributed by atoms with van der Waals surface area (Å²) in [5.74, 6) is 1.62. The third-order valence-electron chi connectivity index (χ3n) is 4.76. The molecule has 20 heavy (non-hydrogen) atoms. The first-order valence-corrected chi connectivity index (χ1v) is 7.66. The smallest absolute Gasteiger partial charge is 0.225 e. The fourth-order valence-corrected chi connectivity index (χ4v) is 3.35. The zero-order valence-corrected chi connectivity index (χ0v) is 12.2. The van der Waals surface area contributed by atoms with Gasteiger partial charge >= 0.3 is 0 Å². The van der Waals surface area contributed by atoms with E-state index in [1.807, 2.05) is 18.2 Å². The third-order valence-corrected chi connectivity index (χ3v) is 4.76. The first-order valence-electron chi connectivity index (χ1n) is 7.66. The van der Waals surface area contributed by atoms with Gasteiger partial charge in [0.15, 0.2) is 0 Å². The van der Waals surface area contributed by atoms with E-state index < -0.39 is 0 Å². The van der Waals surface area contributed by atoms with Crippen LogP contribution in [-0.2, 0) is 11.2 Å². The van der Waals surface area contributed by atoms with E-state index in [2.05, 4.69) is 18.3 Å². The average molecular weight is 273 g/mol. The molecule has 1 heterocycles. The molecule has 108 valence electrons. The molecular formula is C17H23NO2. The van der Waals surface area contributed by atoms with Crippen LogP contribution in [0.15, 0.2) is 24.3 Å². The Bertz CT molecular complexity index is 492. The molecule has 1 atom stereocenters. The van der Waals surface area contributed by atoms with Crippen molar-refractivity contribution in [2.45, 2.75) is 39.0 Å². The van der Waals surface area contributed by atoms with Crippen LogP contribution in [0.5, 0.6) is 5.75 Å². The second-order valence-corrected chi connectivity index (χ2v) is 6.47. The molecule has 1 aliphatic carbocycles. The van der Waals surface area contributed by atoms with Crippen LogP contribution in [0.25, 0.3) is 0 Å². The molecule has 0 spiro atoms. The maximum Gasteiger partial charge on any atom is 0.225 e. The molecule has 3 rings (SSSR count). The maximum absolute atomic E-state index is 12.3. The highest BCUT2D eigenvalue weighted by Crippen LogP contribution is 2.37. The summed E-state index contributed by atoms with van der Waals surface area (Å²) in [5.41, 5.74) is 1.12. The lowest BCUT2D eigenvalue weighted by Crippen LogP contribution is -2.41. The van der Waals surface area contributed by atoms with Crippen LogP contribution < -0.4 is 10.1 Å². The van der Waals surface area contributed by atoms with Crippen molar-refractivity contribution in [1.82, 2.24) is 5.32 Å². The lowest BCUT2D eigenvalue weighted by Gasteiger charge is -2.28. The van der Waals surface area contributed by atoms with Gasteiger partial charge in [0.1, 0.15) is 5.75 Å². The summed E-state index contributed by atoms with van der Waals surface area (Å²) in [4.78, 5) is 12.3. The summed E-state index contributed by atoms with van der Waals surface area (Å²) in [5, 5.41) is 3.15. The number of nitrogens with one attached hydrogen (secondary N) is 1. The van der Waals surface area contributed by atoms with Gasteiger partial charge in [-0.05, 0) is 30.9 Å². The Balaban J connectivity index is 1.54. The van der Waals surface area contributed by atoms with E-state index >= 15 is 0 Å². The number of para-hydroxylation sites is 1. The minimum atomic E-state index is -0.132. The Labute approximate surface area is 120 Å². The van der Waals surface area contributed by atoms with Crippen molar-refractivity contribution in [1.29, 1.82) is 0 Å². The van der Waals surface area contributed by atoms with E-state index in [0.717, 1.165) is 31.6 Å². The van der Waals surface area contributed by atoms with Crippen LogP contribution in [0.3, 0.4) is 0 Å². The van der Waals surface area contributed by atoms with Crippen LogP contribution in [0.2, 0.25) is 0 Å². The number of benzene rings is 1. The Morgan fingerprint density at radius 3 is 2.90 bits per heavy atom. The largest absolute Gasteiger partial charge is 0.493 e. The first-order chi connectivity index (χ1) is 9.67. The van der Waals surface area contributed by atoms with Crippen LogP contribution in [0.4, 0.5) is 0 Å². The summed E-state index contributed by atoms with van der Waals surface area (Å²) in [6.07, 6.45) is 5.42. The van der Waals surface area contributed by atoms with Crippen molar-refractivity contribution in [3.05, 3.63) is 29.8 Å². The topological polar surface area (TPSA) is 38.3 Å². The van der Waals surface area contributed by atoms with Gasteiger partial charge in [-0.2, -0.15) is 0 Å². The molecule has 1 unspecified atom stereocenters. The first kappa shape index (κ1) is 13.5. The summed E-state index contributed by atoms with van der Waals surface area (Å²) in [7, 11) is 0. The van der Waals surface area contributed by atoms with Crippen LogP contribution >= 0.6 is 0 Å². The lowest BCUT2D eigenvalue weighted by atomic mass is 9.87. The number of amides is 1. The molecular weight excluding hydrogens is 250 g/mol. The van der Waals surface area contributed by atoms with Crippen molar-refractivity contribution in [2.24, 2.45) is 11.3 Å². The number of carbonyl (C=O) groups is 1. The molecule has 3 heteroatoms. The van der Waals surface area contributed by atoms with Crippen LogP contribution in [0.1, 0.15) is 38.2 Å². The standard InChI is InChI=1S/C17H23NO2/c1-17(8-4-5-9-17)16(19)18-11-13-10-14-6-2-3-7-15(14)20-12-13/h2-3,6-7,13H,4-5,8-12H2,1H3,(H,18,19). The number of ether oxygens (including phenoxy) is 1. The number of carbonyl (C=O) groups excluding carboxylic acids is 1. The van der Waals surface area contributed by atoms with Gasteiger partial charge in [0.25, 0.3) is 0 Å². The van der Waals surface area contributed by atoms with Crippen molar-refractivity contribution in [2.75, 3.05) is 13.2 Å². The van der Waals surface area contributed by atoms with Crippen molar-refractivity contribution in [3.8, 4) is 5.75 Å². The van der Waals surface area contributed by atoms with Gasteiger partial charge < -0.3 is 10.1 Å². The number of hydrogen-bond acceptors (Lipinski definition) is 2. The van der Waals surface area contributed by atoms with Crippen molar-refractivity contribution in [3.63, 3.8) is 0 Å². The molecule has 2 aliphatic rings. The van der Waals surface area contributed by atoms with E-state index in [0.29, 0.717) is 12.5 Å². The van der Waals surface area contributed by atoms with E-state index in [-0.39, 0.29) is 11.3 Å². The highest BCUT2D eigenvalue weighted by molar-refractivity contribution is 5.82. The average Bonchev–Trinajstić information content (AvgIpc) is 2.92. The number of rotatable bonds is 3. The van der Waals surface area contributed by atoms with Crippen LogP contribution in [0, 0.1) is 11.3 Å². The molecule has 0 saturated heterocycles. The Kier molecular flexibility index (Phi) is 3.68. The SMILES string of the molecule is CC1(C(=O)NCC2COc3ccccc3C2)CCCC1. The molecule has 1 saturated carbocycles. The lowest BCUT2D eigenvalue weighted by molar-refractivity contribution is -0.130. The Morgan fingerprint density at radius 2 is 2.10 bits per heavy atom. The van der Waals surface area contributed by atoms with Crippen LogP contribution in [-0.4, -0.2) is 19.1 Å². The van der Waals surface area contributed by atoms with E-state index in [1.165, 1.54) is 18.4 Å². The highest BCUT2D eigenvalue weighted by atomic mass is 16.5. The van der Waals surface area contributed by atoms with Gasteiger partial charge in [0, 0.05) is 17.9 Å². The maximum atomic E-state index is 12.3. The second kappa shape index (κ2) is 5.47. The minimum Gasteiger partial charge on any atom is -0.493 e. The number of hydrogen-bond donors (Lipinski definition) is 1. The molecule has 1 amide bonds. The van der Waals surface area contributed by atoms with Gasteiger partial charge in [-0.15, -0.1) is 0 Å². The fraction of sp³-hybridized carbons (Fsp3) is 0.588. The van der Waals surface area contributed by atoms with Gasteiger partial charge in [-0.1, -0.05) is 38.0 Å². The van der Waals surface area contributed by atoms with Crippen molar-refractivity contribution >= 4 is 5.91 Å². The fourth-order valence-electron chi connectivity index (χ4n) is 3.35. The predicted octanol–water partition coefficient (Wildman–Crippen LogP) is 2.93. The Hall–Kier alpha value is -1.51. The quantitative estimate of drug-likeness (QED) is 0.919. The second-order valence-electron chi connectivity index (χ2n) is 6.47. The molecule has 1 fully saturated rings. The molecule has 0 bridgehead atoms. The minimum absolute atomic E-state index is 0.132. The predicted molar refractivity (Wildman–Crippen MR) is 78.7 cm³/mol. The summed E-state index contributed by atoms with van der Waals surface area (Å²) in [6, 6.07) is 8.18. The normalized spacial score (nSPS) is 23.8.